The predicted molar refractivity (Wildman–Crippen MR) is 329 cm³/mol. The molecule has 0 spiro atoms. The minimum atomic E-state index is -3.30. The molecule has 4 heterocycles. The van der Waals surface area contributed by atoms with Gasteiger partial charge < -0.3 is 58.7 Å². The van der Waals surface area contributed by atoms with Gasteiger partial charge in [0.05, 0.1) is 49.7 Å². The zero-order valence-electron chi connectivity index (χ0n) is 55.3. The van der Waals surface area contributed by atoms with Crippen molar-refractivity contribution < 1.29 is 109 Å². The molecule has 0 saturated heterocycles. The van der Waals surface area contributed by atoms with E-state index >= 15 is 0 Å². The van der Waals surface area contributed by atoms with Crippen molar-refractivity contribution in [3.8, 4) is 45.6 Å². The standard InChI is InChI=1S/2C16H19F3N4O3.C15H17F3N4O3.C14H15F3N4O3/c1-4-25-22-9(2)8-20-14(24)11-6-5-10(7-12(11)17)13-21-15(26-23-13)16(3,18)19;1-3-25-21-8-4-7-20-14(24)11-6-5-10(9-12(11)17)13-22-15(26-23-13)16(2,18)19;1-15(17,18)14-21-12(22-25-14)9-4-5-10(11(16)8-9)13(23)19-6-3-7-20-24-2;1-14(16,17)13-20-11(21-24-13)8-3-4-9(10(15)7-8)12(22)18-5-6-19-23-2/h5-7,9,22H,4,8H2,1-3H3,(H,20,24);5-6,9,21H,3-4,7-8H2,1-2H3,(H,20,24);4-5,8,20H,3,6-7H2,1-2H3,(H,19,23);3-4,7,19H,5-6H2,1-2H3,(H,18,22). The smallest absolute Gasteiger partial charge is 0.322 e. The number of benzene rings is 4. The SMILES string of the molecule is CCONC(C)CNC(=O)c1ccc(-c2noc(C(C)(F)F)n2)cc1F.CCONCCCNC(=O)c1ccc(-c2noc(C(C)(F)F)n2)cc1F.CONCCCNC(=O)c1ccc(-c2noc(C(C)(F)F)n2)cc1F.CONCCNC(=O)c1ccc(-c2noc(C(C)(F)F)n2)cc1F. The molecule has 8 N–H and O–H groups in total. The first-order chi connectivity index (χ1) is 47.7. The van der Waals surface area contributed by atoms with E-state index in [1.165, 1.54) is 62.8 Å². The Morgan fingerprint density at radius 1 is 0.416 bits per heavy atom. The highest BCUT2D eigenvalue weighted by Gasteiger charge is 2.36. The second-order valence-corrected chi connectivity index (χ2v) is 21.2. The summed E-state index contributed by atoms with van der Waals surface area (Å²) in [5.74, 6) is -23.1. The van der Waals surface area contributed by atoms with E-state index in [1.54, 1.807) is 6.92 Å². The monoisotopic (exact) mass is 1450 g/mol. The van der Waals surface area contributed by atoms with E-state index in [9.17, 15) is 71.9 Å². The third kappa shape index (κ3) is 26.0. The van der Waals surface area contributed by atoms with Crippen molar-refractivity contribution in [2.75, 3.05) is 73.2 Å². The summed E-state index contributed by atoms with van der Waals surface area (Å²) in [5.41, 5.74) is 10.3. The quantitative estimate of drug-likeness (QED) is 0.0110. The molecule has 8 aromatic rings. The van der Waals surface area contributed by atoms with Gasteiger partial charge in [0.1, 0.15) is 23.3 Å². The number of carbonyl (C=O) groups is 4. The molecule has 0 aliphatic rings. The average Bonchev–Trinajstić information content (AvgIpc) is 1.80. The summed E-state index contributed by atoms with van der Waals surface area (Å²) in [7, 11) is 2.90. The van der Waals surface area contributed by atoms with Crippen LogP contribution in [-0.4, -0.2) is 143 Å². The van der Waals surface area contributed by atoms with Gasteiger partial charge in [-0.3, -0.25) is 19.2 Å². The van der Waals surface area contributed by atoms with Gasteiger partial charge in [0.2, 0.25) is 23.3 Å². The van der Waals surface area contributed by atoms with Crippen molar-refractivity contribution in [1.82, 2.24) is 83.8 Å². The minimum Gasteiger partial charge on any atom is -0.352 e. The van der Waals surface area contributed by atoms with Crippen LogP contribution < -0.4 is 43.2 Å². The molecule has 101 heavy (non-hydrogen) atoms. The highest BCUT2D eigenvalue weighted by Crippen LogP contribution is 2.32. The lowest BCUT2D eigenvalue weighted by molar-refractivity contribution is -0.0162. The molecule has 4 aromatic carbocycles. The highest BCUT2D eigenvalue weighted by molar-refractivity contribution is 5.96. The maximum atomic E-state index is 14.2. The van der Waals surface area contributed by atoms with Crippen LogP contribution in [0.4, 0.5) is 52.7 Å². The summed E-state index contributed by atoms with van der Waals surface area (Å²) in [4.78, 5) is 81.1. The first-order valence-electron chi connectivity index (χ1n) is 30.1. The molecule has 550 valence electrons. The van der Waals surface area contributed by atoms with Crippen LogP contribution in [0.25, 0.3) is 45.6 Å². The molecular weight excluding hydrogens is 1380 g/mol. The number of nitrogens with zero attached hydrogens (tertiary/aromatic N) is 8. The Kier molecular flexibility index (Phi) is 31.3. The molecule has 0 aliphatic carbocycles. The van der Waals surface area contributed by atoms with Crippen LogP contribution in [0.2, 0.25) is 0 Å². The lowest BCUT2D eigenvalue weighted by atomic mass is 10.1. The molecule has 1 atom stereocenters. The van der Waals surface area contributed by atoms with Crippen LogP contribution in [-0.2, 0) is 43.0 Å². The van der Waals surface area contributed by atoms with Gasteiger partial charge in [-0.05, 0) is 82.1 Å². The second kappa shape index (κ2) is 38.7. The fourth-order valence-electron chi connectivity index (χ4n) is 7.65. The molecule has 0 saturated carbocycles. The van der Waals surface area contributed by atoms with Gasteiger partial charge in [-0.1, -0.05) is 44.9 Å². The molecular formula is C61H70F12N16O12. The number of amides is 4. The average molecular weight is 1450 g/mol. The number of alkyl halides is 8. The first kappa shape index (κ1) is 81.8. The number of hydroxylamine groups is 4. The number of aromatic nitrogens is 8. The zero-order valence-corrected chi connectivity index (χ0v) is 55.3. The summed E-state index contributed by atoms with van der Waals surface area (Å²) in [6.45, 7) is 11.4. The van der Waals surface area contributed by atoms with Gasteiger partial charge in [-0.2, -0.15) is 60.5 Å². The Balaban J connectivity index is 0.000000243. The fourth-order valence-corrected chi connectivity index (χ4v) is 7.65. The zero-order chi connectivity index (χ0) is 74.7. The van der Waals surface area contributed by atoms with Gasteiger partial charge in [0, 0.05) is 102 Å². The van der Waals surface area contributed by atoms with Crippen molar-refractivity contribution in [3.05, 3.63) is 142 Å². The van der Waals surface area contributed by atoms with Crippen molar-refractivity contribution >= 4 is 23.6 Å². The fraction of sp³-hybridized carbons (Fsp3) is 0.410. The maximum absolute atomic E-state index is 14.2. The van der Waals surface area contributed by atoms with Crippen molar-refractivity contribution in [2.24, 2.45) is 0 Å². The Hall–Kier alpha value is -9.84. The summed E-state index contributed by atoms with van der Waals surface area (Å²) in [6, 6.07) is 14.1. The molecule has 0 aliphatic heterocycles. The molecule has 8 rings (SSSR count). The third-order valence-electron chi connectivity index (χ3n) is 12.6. The molecule has 28 nitrogen and oxygen atoms in total. The Labute approximate surface area is 566 Å². The maximum Gasteiger partial charge on any atom is 0.322 e. The van der Waals surface area contributed by atoms with Crippen molar-refractivity contribution in [2.45, 2.75) is 91.0 Å². The van der Waals surface area contributed by atoms with Crippen LogP contribution in [0, 0.1) is 23.3 Å². The van der Waals surface area contributed by atoms with E-state index in [4.69, 9.17) is 9.68 Å². The molecule has 0 fully saturated rings. The summed E-state index contributed by atoms with van der Waals surface area (Å²) in [5, 5.41) is 23.8. The van der Waals surface area contributed by atoms with Crippen molar-refractivity contribution in [1.29, 1.82) is 0 Å². The van der Waals surface area contributed by atoms with Gasteiger partial charge >= 0.3 is 23.7 Å². The predicted octanol–water partition coefficient (Wildman–Crippen LogP) is 9.42. The molecule has 0 bridgehead atoms. The minimum absolute atomic E-state index is 0.115. The van der Waals surface area contributed by atoms with Gasteiger partial charge in [-0.15, -0.1) is 0 Å². The molecule has 0 radical (unpaired) electrons. The summed E-state index contributed by atoms with van der Waals surface area (Å²) < 4.78 is 179. The van der Waals surface area contributed by atoms with Gasteiger partial charge in [0.25, 0.3) is 47.2 Å². The number of hydrogen-bond donors (Lipinski definition) is 8. The van der Waals surface area contributed by atoms with Crippen LogP contribution in [0.1, 0.15) is 126 Å². The Morgan fingerprint density at radius 3 is 0.980 bits per heavy atom. The third-order valence-corrected chi connectivity index (χ3v) is 12.6. The van der Waals surface area contributed by atoms with Crippen LogP contribution in [0.3, 0.4) is 0 Å². The number of hydrogen-bond acceptors (Lipinski definition) is 24. The van der Waals surface area contributed by atoms with E-state index in [1.807, 2.05) is 13.8 Å². The van der Waals surface area contributed by atoms with Gasteiger partial charge in [-0.25, -0.2) is 34.0 Å². The van der Waals surface area contributed by atoms with E-state index < -0.39 is 94.2 Å². The number of nitrogens with one attached hydrogen (secondary N) is 8. The Bertz CT molecular complexity index is 3950. The topological polar surface area (TPSA) is 357 Å². The van der Waals surface area contributed by atoms with Crippen LogP contribution in [0.5, 0.6) is 0 Å². The van der Waals surface area contributed by atoms with Crippen LogP contribution in [0.15, 0.2) is 90.9 Å². The molecule has 40 heteroatoms. The number of halogens is 12. The van der Waals surface area contributed by atoms with E-state index in [0.29, 0.717) is 86.5 Å². The number of carbonyl (C=O) groups excluding carboxylic acids is 4. The Morgan fingerprint density at radius 2 is 0.703 bits per heavy atom. The summed E-state index contributed by atoms with van der Waals surface area (Å²) >= 11 is 0. The van der Waals surface area contributed by atoms with Crippen molar-refractivity contribution in [3.63, 3.8) is 0 Å². The summed E-state index contributed by atoms with van der Waals surface area (Å²) in [6.07, 6.45) is 1.19. The van der Waals surface area contributed by atoms with Gasteiger partial charge in [0.15, 0.2) is 0 Å². The second-order valence-electron chi connectivity index (χ2n) is 21.2. The van der Waals surface area contributed by atoms with E-state index in [0.717, 1.165) is 24.3 Å². The van der Waals surface area contributed by atoms with E-state index in [2.05, 4.69) is 112 Å². The number of rotatable bonds is 32. The lowest BCUT2D eigenvalue weighted by Crippen LogP contribution is -2.39. The molecule has 4 amide bonds. The molecule has 4 aromatic heterocycles. The highest BCUT2D eigenvalue weighted by atomic mass is 19.3. The normalized spacial score (nSPS) is 11.9. The van der Waals surface area contributed by atoms with Crippen LogP contribution >= 0.6 is 0 Å². The lowest BCUT2D eigenvalue weighted by Gasteiger charge is -2.14. The molecule has 1 unspecified atom stereocenters. The van der Waals surface area contributed by atoms with E-state index in [-0.39, 0.29) is 86.9 Å². The largest absolute Gasteiger partial charge is 0.352 e. The first-order valence-corrected chi connectivity index (χ1v) is 30.1.